The molecule has 0 saturated carbocycles. The summed E-state index contributed by atoms with van der Waals surface area (Å²) >= 11 is 6.13. The van der Waals surface area contributed by atoms with E-state index in [0.717, 1.165) is 23.7 Å². The molecule has 2 aliphatic rings. The zero-order valence-electron chi connectivity index (χ0n) is 13.2. The van der Waals surface area contributed by atoms with Crippen molar-refractivity contribution in [1.82, 2.24) is 15.5 Å². The maximum atomic E-state index is 12.3. The summed E-state index contributed by atoms with van der Waals surface area (Å²) in [4.78, 5) is 14.7. The number of likely N-dealkylation sites (tertiary alicyclic amines) is 1. The summed E-state index contributed by atoms with van der Waals surface area (Å²) in [7, 11) is 0. The van der Waals surface area contributed by atoms with Crippen LogP contribution >= 0.6 is 11.6 Å². The Bertz CT molecular complexity index is 548. The van der Waals surface area contributed by atoms with Gasteiger partial charge in [0.2, 0.25) is 5.91 Å². The molecule has 2 saturated heterocycles. The molecule has 0 bridgehead atoms. The van der Waals surface area contributed by atoms with Crippen LogP contribution in [-0.2, 0) is 4.79 Å². The van der Waals surface area contributed by atoms with Gasteiger partial charge in [-0.25, -0.2) is 0 Å². The van der Waals surface area contributed by atoms with Gasteiger partial charge in [-0.15, -0.1) is 0 Å². The van der Waals surface area contributed by atoms with Crippen LogP contribution in [0.1, 0.15) is 30.9 Å². The van der Waals surface area contributed by atoms with Crippen molar-refractivity contribution in [2.45, 2.75) is 37.5 Å². The van der Waals surface area contributed by atoms with Crippen molar-refractivity contribution < 1.29 is 9.90 Å². The van der Waals surface area contributed by atoms with Crippen molar-refractivity contribution in [2.75, 3.05) is 26.2 Å². The maximum absolute atomic E-state index is 12.3. The molecule has 126 valence electrons. The molecule has 0 aliphatic carbocycles. The van der Waals surface area contributed by atoms with Crippen LogP contribution in [0.2, 0.25) is 5.02 Å². The number of benzene rings is 1. The van der Waals surface area contributed by atoms with Crippen molar-refractivity contribution in [3.05, 3.63) is 34.9 Å². The number of hydrogen-bond donors (Lipinski definition) is 3. The molecular formula is C17H24ClN3O2. The number of hydrogen-bond acceptors (Lipinski definition) is 4. The van der Waals surface area contributed by atoms with Crippen LogP contribution in [0.5, 0.6) is 0 Å². The number of β-amino-alcohol motifs (C(OH)–C–C–N with tert-alkyl or cyclic N) is 1. The van der Waals surface area contributed by atoms with Gasteiger partial charge < -0.3 is 15.7 Å². The lowest BCUT2D eigenvalue weighted by molar-refractivity contribution is -0.123. The third-order valence-electron chi connectivity index (χ3n) is 4.71. The Morgan fingerprint density at radius 3 is 2.87 bits per heavy atom. The number of nitrogens with zero attached hydrogens (tertiary/aromatic N) is 1. The van der Waals surface area contributed by atoms with Crippen molar-refractivity contribution >= 4 is 17.5 Å². The van der Waals surface area contributed by atoms with E-state index in [1.54, 1.807) is 0 Å². The lowest BCUT2D eigenvalue weighted by atomic mass is 10.1. The minimum Gasteiger partial charge on any atom is -0.392 e. The fourth-order valence-corrected chi connectivity index (χ4v) is 3.66. The third-order valence-corrected chi connectivity index (χ3v) is 4.94. The Hall–Kier alpha value is -1.14. The summed E-state index contributed by atoms with van der Waals surface area (Å²) in [5.41, 5.74) is 1.14. The van der Waals surface area contributed by atoms with Gasteiger partial charge in [0.1, 0.15) is 0 Å². The number of halogens is 1. The first-order chi connectivity index (χ1) is 11.1. The Labute approximate surface area is 142 Å². The Morgan fingerprint density at radius 2 is 2.22 bits per heavy atom. The summed E-state index contributed by atoms with van der Waals surface area (Å²) in [5, 5.41) is 16.4. The van der Waals surface area contributed by atoms with Crippen molar-refractivity contribution in [2.24, 2.45) is 0 Å². The second-order valence-electron chi connectivity index (χ2n) is 6.41. The van der Waals surface area contributed by atoms with Gasteiger partial charge >= 0.3 is 0 Å². The average Bonchev–Trinajstić information content (AvgIpc) is 3.19. The predicted octanol–water partition coefficient (Wildman–Crippen LogP) is 1.32. The largest absolute Gasteiger partial charge is 0.392 e. The Kier molecular flexibility index (Phi) is 5.54. The number of nitrogens with one attached hydrogen (secondary N) is 2. The highest BCUT2D eigenvalue weighted by Gasteiger charge is 2.29. The van der Waals surface area contributed by atoms with E-state index >= 15 is 0 Å². The molecule has 2 heterocycles. The number of rotatable bonds is 5. The topological polar surface area (TPSA) is 64.6 Å². The Balaban J connectivity index is 1.65. The smallest absolute Gasteiger partial charge is 0.237 e. The molecule has 3 N–H and O–H groups in total. The summed E-state index contributed by atoms with van der Waals surface area (Å²) < 4.78 is 0. The molecule has 6 heteroatoms. The second kappa shape index (κ2) is 7.62. The first kappa shape index (κ1) is 16.7. The summed E-state index contributed by atoms with van der Waals surface area (Å²) in [6.07, 6.45) is 2.45. The first-order valence-corrected chi connectivity index (χ1v) is 8.70. The molecule has 5 nitrogen and oxygen atoms in total. The fraction of sp³-hybridized carbons (Fsp3) is 0.588. The molecule has 0 aromatic heterocycles. The molecule has 3 unspecified atom stereocenters. The molecular weight excluding hydrogens is 314 g/mol. The summed E-state index contributed by atoms with van der Waals surface area (Å²) in [6, 6.07) is 7.73. The van der Waals surface area contributed by atoms with Crippen LogP contribution in [0.4, 0.5) is 0 Å². The van der Waals surface area contributed by atoms with E-state index in [1.165, 1.54) is 12.8 Å². The minimum atomic E-state index is -0.423. The van der Waals surface area contributed by atoms with Crippen molar-refractivity contribution in [3.63, 3.8) is 0 Å². The molecule has 23 heavy (non-hydrogen) atoms. The van der Waals surface area contributed by atoms with E-state index in [2.05, 4.69) is 21.6 Å². The molecule has 2 fully saturated rings. The molecule has 3 atom stereocenters. The predicted molar refractivity (Wildman–Crippen MR) is 90.4 cm³/mol. The fourth-order valence-electron chi connectivity index (χ4n) is 3.46. The molecule has 2 aliphatic heterocycles. The third kappa shape index (κ3) is 4.23. The number of carbonyl (C=O) groups is 1. The van der Waals surface area contributed by atoms with Gasteiger partial charge in [-0.1, -0.05) is 23.7 Å². The quantitative estimate of drug-likeness (QED) is 0.758. The lowest BCUT2D eigenvalue weighted by Crippen LogP contribution is -2.44. The van der Waals surface area contributed by atoms with Crippen LogP contribution in [0, 0.1) is 0 Å². The molecule has 1 aromatic carbocycles. The van der Waals surface area contributed by atoms with Gasteiger partial charge in [0.15, 0.2) is 0 Å². The molecule has 0 radical (unpaired) electrons. The Morgan fingerprint density at radius 1 is 1.43 bits per heavy atom. The van der Waals surface area contributed by atoms with Crippen LogP contribution in [0.25, 0.3) is 0 Å². The van der Waals surface area contributed by atoms with Gasteiger partial charge in [0, 0.05) is 18.1 Å². The van der Waals surface area contributed by atoms with Gasteiger partial charge in [0.25, 0.3) is 0 Å². The van der Waals surface area contributed by atoms with E-state index in [9.17, 15) is 9.90 Å². The second-order valence-corrected chi connectivity index (χ2v) is 6.85. The number of aliphatic hydroxyl groups excluding tert-OH is 1. The first-order valence-electron chi connectivity index (χ1n) is 8.32. The van der Waals surface area contributed by atoms with Gasteiger partial charge in [-0.2, -0.15) is 0 Å². The monoisotopic (exact) mass is 337 g/mol. The molecule has 3 rings (SSSR count). The van der Waals surface area contributed by atoms with Gasteiger partial charge in [-0.3, -0.25) is 9.69 Å². The van der Waals surface area contributed by atoms with Crippen LogP contribution < -0.4 is 10.6 Å². The van der Waals surface area contributed by atoms with E-state index in [-0.39, 0.29) is 18.0 Å². The average molecular weight is 338 g/mol. The minimum absolute atomic E-state index is 0.0345. The van der Waals surface area contributed by atoms with E-state index in [0.29, 0.717) is 19.5 Å². The normalized spacial score (nSPS) is 26.3. The van der Waals surface area contributed by atoms with Crippen molar-refractivity contribution in [1.29, 1.82) is 0 Å². The molecule has 1 aromatic rings. The van der Waals surface area contributed by atoms with Crippen molar-refractivity contribution in [3.8, 4) is 0 Å². The van der Waals surface area contributed by atoms with Gasteiger partial charge in [0.05, 0.1) is 18.2 Å². The van der Waals surface area contributed by atoms with Gasteiger partial charge in [-0.05, 0) is 50.0 Å². The highest BCUT2D eigenvalue weighted by molar-refractivity contribution is 6.30. The zero-order chi connectivity index (χ0) is 16.2. The molecule has 0 spiro atoms. The zero-order valence-corrected chi connectivity index (χ0v) is 13.9. The van der Waals surface area contributed by atoms with Crippen LogP contribution in [-0.4, -0.2) is 54.2 Å². The standard InChI is InChI=1S/C17H24ClN3O2/c18-13-5-3-4-12(8-13)16(21-6-1-2-7-21)11-20-17(23)15-9-14(22)10-19-15/h3-5,8,14-16,19,22H,1-2,6-7,9-11H2,(H,20,23). The number of carbonyl (C=O) groups excluding carboxylic acids is 1. The number of aliphatic hydroxyl groups is 1. The number of amides is 1. The summed E-state index contributed by atoms with van der Waals surface area (Å²) in [6.45, 7) is 3.15. The van der Waals surface area contributed by atoms with E-state index in [4.69, 9.17) is 11.6 Å². The van der Waals surface area contributed by atoms with Crippen LogP contribution in [0.3, 0.4) is 0 Å². The summed E-state index contributed by atoms with van der Waals surface area (Å²) in [5.74, 6) is -0.0345. The maximum Gasteiger partial charge on any atom is 0.237 e. The van der Waals surface area contributed by atoms with E-state index < -0.39 is 6.10 Å². The lowest BCUT2D eigenvalue weighted by Gasteiger charge is -2.28. The molecule has 1 amide bonds. The van der Waals surface area contributed by atoms with E-state index in [1.807, 2.05) is 18.2 Å². The SMILES string of the molecule is O=C(NCC(c1cccc(Cl)c1)N1CCCC1)C1CC(O)CN1. The highest BCUT2D eigenvalue weighted by atomic mass is 35.5. The highest BCUT2D eigenvalue weighted by Crippen LogP contribution is 2.26. The van der Waals surface area contributed by atoms with Crippen LogP contribution in [0.15, 0.2) is 24.3 Å².